The smallest absolute Gasteiger partial charge is 0.334 e. The predicted molar refractivity (Wildman–Crippen MR) is 143 cm³/mol. The van der Waals surface area contributed by atoms with Gasteiger partial charge in [0.25, 0.3) is 0 Å². The molecule has 1 saturated heterocycles. The van der Waals surface area contributed by atoms with Crippen molar-refractivity contribution in [1.82, 2.24) is 14.5 Å². The van der Waals surface area contributed by atoms with Crippen LogP contribution in [0, 0.1) is 0 Å². The first kappa shape index (κ1) is 29.7. The monoisotopic (exact) mass is 550 g/mol. The third kappa shape index (κ3) is 7.58. The van der Waals surface area contributed by atoms with Gasteiger partial charge >= 0.3 is 13.6 Å². The quantitative estimate of drug-likeness (QED) is 0.209. The van der Waals surface area contributed by atoms with Crippen LogP contribution in [0.25, 0.3) is 0 Å². The third-order valence-electron chi connectivity index (χ3n) is 6.78. The number of carbonyl (C=O) groups is 2. The fraction of sp³-hybridized carbons (Fsp3) is 0.577. The molecule has 0 spiro atoms. The van der Waals surface area contributed by atoms with Crippen LogP contribution in [-0.2, 0) is 34.1 Å². The van der Waals surface area contributed by atoms with E-state index in [1.54, 1.807) is 46.3 Å². The minimum Gasteiger partial charge on any atom is -0.488 e. The molecule has 1 aliphatic rings. The molecule has 3 atom stereocenters. The van der Waals surface area contributed by atoms with E-state index in [1.807, 2.05) is 0 Å². The Morgan fingerprint density at radius 3 is 2.42 bits per heavy atom. The van der Waals surface area contributed by atoms with Crippen LogP contribution in [0.2, 0.25) is 0 Å². The van der Waals surface area contributed by atoms with E-state index in [2.05, 4.69) is 11.9 Å². The normalized spacial score (nSPS) is 18.4. The number of hydrogen-bond acceptors (Lipinski definition) is 9. The largest absolute Gasteiger partial charge is 0.488 e. The van der Waals surface area contributed by atoms with Gasteiger partial charge in [0.2, 0.25) is 5.91 Å². The fourth-order valence-corrected chi connectivity index (χ4v) is 5.72. The highest BCUT2D eigenvalue weighted by Crippen LogP contribution is 2.49. The first-order chi connectivity index (χ1) is 18.2. The number of imidazole rings is 1. The Hall–Kier alpha value is -2.88. The number of anilines is 1. The minimum atomic E-state index is -3.19. The molecule has 0 saturated carbocycles. The number of likely N-dealkylation sites (tertiary alicyclic amines) is 1. The Balaban J connectivity index is 1.74. The number of unbranched alkanes of at least 4 members (excludes halogenated alkanes) is 3. The van der Waals surface area contributed by atoms with Crippen LogP contribution >= 0.6 is 7.60 Å². The van der Waals surface area contributed by atoms with Crippen molar-refractivity contribution in [3.8, 4) is 5.75 Å². The summed E-state index contributed by atoms with van der Waals surface area (Å²) in [5.74, 6) is 0.231. The Kier molecular flexibility index (Phi) is 10.8. The summed E-state index contributed by atoms with van der Waals surface area (Å²) in [6.07, 6.45) is 7.89. The molecule has 0 bridgehead atoms. The topological polar surface area (TPSA) is 135 Å². The van der Waals surface area contributed by atoms with Crippen molar-refractivity contribution < 1.29 is 32.7 Å². The highest BCUT2D eigenvalue weighted by molar-refractivity contribution is 7.52. The number of benzene rings is 1. The molecule has 1 fully saturated rings. The molecule has 11 nitrogen and oxygen atoms in total. The summed E-state index contributed by atoms with van der Waals surface area (Å²) >= 11 is 0. The van der Waals surface area contributed by atoms with Gasteiger partial charge in [-0.15, -0.1) is 0 Å². The van der Waals surface area contributed by atoms with Crippen LogP contribution in [0.4, 0.5) is 5.82 Å². The van der Waals surface area contributed by atoms with Gasteiger partial charge in [-0.05, 0) is 24.1 Å². The third-order valence-corrected chi connectivity index (χ3v) is 8.64. The summed E-state index contributed by atoms with van der Waals surface area (Å²) in [6.45, 7) is 2.37. The first-order valence-electron chi connectivity index (χ1n) is 12.9. The van der Waals surface area contributed by atoms with Crippen molar-refractivity contribution in [3.05, 3.63) is 42.4 Å². The maximum Gasteiger partial charge on any atom is 0.334 e. The van der Waals surface area contributed by atoms with E-state index in [1.165, 1.54) is 21.3 Å². The minimum absolute atomic E-state index is 0.134. The second-order valence-corrected chi connectivity index (χ2v) is 11.7. The zero-order valence-electron chi connectivity index (χ0n) is 22.6. The van der Waals surface area contributed by atoms with Gasteiger partial charge in [0.15, 0.2) is 0 Å². The number of nitrogens with zero attached hydrogens (tertiary/aromatic N) is 3. The first-order valence-corrected chi connectivity index (χ1v) is 14.6. The fourth-order valence-electron chi connectivity index (χ4n) is 4.66. The van der Waals surface area contributed by atoms with Gasteiger partial charge in [0.05, 0.1) is 26.1 Å². The van der Waals surface area contributed by atoms with Crippen molar-refractivity contribution in [2.45, 2.75) is 69.8 Å². The lowest BCUT2D eigenvalue weighted by Gasteiger charge is -2.28. The number of hydrogen-bond donors (Lipinski definition) is 1. The predicted octanol–water partition coefficient (Wildman–Crippen LogP) is 4.18. The van der Waals surface area contributed by atoms with Crippen molar-refractivity contribution in [2.75, 3.05) is 33.6 Å². The van der Waals surface area contributed by atoms with Crippen molar-refractivity contribution in [1.29, 1.82) is 0 Å². The van der Waals surface area contributed by atoms with E-state index in [0.29, 0.717) is 24.4 Å². The second kappa shape index (κ2) is 13.8. The van der Waals surface area contributed by atoms with Crippen LogP contribution in [-0.4, -0.2) is 66.3 Å². The molecular formula is C26H39N4O7P. The van der Waals surface area contributed by atoms with Gasteiger partial charge in [-0.1, -0.05) is 44.7 Å². The molecule has 3 rings (SSSR count). The lowest BCUT2D eigenvalue weighted by atomic mass is 10.1. The average molecular weight is 551 g/mol. The standard InChI is InChI=1S/C26H39N4O7P/c1-5-6-7-8-9-22(29-16-24(27)28-18-29)25(31)30-15-21(14-23(30)26(32)34-2)37-20-12-10-19(11-13-20)17-38(33,35-3)36-4/h10-13,16,18,21-23H,5-9,14-15,17,27H2,1-4H3/t21-,22+,23-/m0/s1. The van der Waals surface area contributed by atoms with Gasteiger partial charge in [-0.3, -0.25) is 9.36 Å². The zero-order valence-corrected chi connectivity index (χ0v) is 23.5. The van der Waals surface area contributed by atoms with Crippen LogP contribution in [0.3, 0.4) is 0 Å². The van der Waals surface area contributed by atoms with Gasteiger partial charge < -0.3 is 33.7 Å². The maximum atomic E-state index is 13.8. The molecule has 0 aliphatic carbocycles. The summed E-state index contributed by atoms with van der Waals surface area (Å²) in [6, 6.07) is 5.79. The highest BCUT2D eigenvalue weighted by Gasteiger charge is 2.43. The van der Waals surface area contributed by atoms with E-state index < -0.39 is 31.8 Å². The van der Waals surface area contributed by atoms with Crippen molar-refractivity contribution in [3.63, 3.8) is 0 Å². The highest BCUT2D eigenvalue weighted by atomic mass is 31.2. The number of methoxy groups -OCH3 is 1. The number of nitrogen functional groups attached to an aromatic ring is 1. The number of ether oxygens (including phenoxy) is 2. The molecule has 1 aromatic carbocycles. The molecule has 1 aromatic heterocycles. The van der Waals surface area contributed by atoms with Crippen molar-refractivity contribution >= 4 is 25.3 Å². The van der Waals surface area contributed by atoms with Gasteiger partial charge in [-0.25, -0.2) is 9.78 Å². The summed E-state index contributed by atoms with van der Waals surface area (Å²) < 4.78 is 35.3. The molecule has 12 heteroatoms. The van der Waals surface area contributed by atoms with E-state index in [-0.39, 0.29) is 18.6 Å². The summed E-state index contributed by atoms with van der Waals surface area (Å²) in [7, 11) is 0.832. The summed E-state index contributed by atoms with van der Waals surface area (Å²) in [4.78, 5) is 32.1. The van der Waals surface area contributed by atoms with E-state index in [4.69, 9.17) is 24.3 Å². The number of esters is 1. The molecule has 2 N–H and O–H groups in total. The number of rotatable bonds is 14. The van der Waals surface area contributed by atoms with E-state index >= 15 is 0 Å². The summed E-state index contributed by atoms with van der Waals surface area (Å²) in [5.41, 5.74) is 6.60. The Morgan fingerprint density at radius 1 is 1.13 bits per heavy atom. The van der Waals surface area contributed by atoms with E-state index in [9.17, 15) is 14.2 Å². The lowest BCUT2D eigenvalue weighted by molar-refractivity contribution is -0.152. The number of nitrogens with two attached hydrogens (primary N) is 1. The Morgan fingerprint density at radius 2 is 1.84 bits per heavy atom. The number of carbonyl (C=O) groups excluding carboxylic acids is 2. The van der Waals surface area contributed by atoms with Gasteiger partial charge in [0, 0.05) is 26.8 Å². The zero-order chi connectivity index (χ0) is 27.7. The van der Waals surface area contributed by atoms with Crippen LogP contribution < -0.4 is 10.5 Å². The van der Waals surface area contributed by atoms with Gasteiger partial charge in [0.1, 0.15) is 29.8 Å². The molecule has 0 radical (unpaired) electrons. The Labute approximate surface area is 224 Å². The molecule has 210 valence electrons. The van der Waals surface area contributed by atoms with Crippen LogP contribution in [0.1, 0.15) is 57.1 Å². The second-order valence-electron chi connectivity index (χ2n) is 9.39. The lowest BCUT2D eigenvalue weighted by Crippen LogP contribution is -2.44. The molecule has 2 aromatic rings. The number of aromatic nitrogens is 2. The number of amides is 1. The molecule has 1 aliphatic heterocycles. The maximum absolute atomic E-state index is 13.8. The van der Waals surface area contributed by atoms with E-state index in [0.717, 1.165) is 31.2 Å². The SMILES string of the molecule is CCCCCC[C@H](C(=O)N1C[C@@H](Oc2ccc(CP(=O)(OC)OC)cc2)C[C@H]1C(=O)OC)n1cnc(N)c1. The Bertz CT molecular complexity index is 1100. The van der Waals surface area contributed by atoms with Crippen LogP contribution in [0.15, 0.2) is 36.8 Å². The van der Waals surface area contributed by atoms with Crippen molar-refractivity contribution in [2.24, 2.45) is 0 Å². The molecule has 2 heterocycles. The van der Waals surface area contributed by atoms with Gasteiger partial charge in [-0.2, -0.15) is 0 Å². The molecule has 38 heavy (non-hydrogen) atoms. The molecular weight excluding hydrogens is 511 g/mol. The van der Waals surface area contributed by atoms with Crippen LogP contribution in [0.5, 0.6) is 5.75 Å². The molecule has 1 amide bonds. The summed E-state index contributed by atoms with van der Waals surface area (Å²) in [5, 5.41) is 0. The average Bonchev–Trinajstić information content (AvgIpc) is 3.55. The molecule has 0 unspecified atom stereocenters.